The summed E-state index contributed by atoms with van der Waals surface area (Å²) in [5.74, 6) is 0.565. The van der Waals surface area contributed by atoms with Crippen LogP contribution in [0.15, 0.2) is 35.1 Å². The summed E-state index contributed by atoms with van der Waals surface area (Å²) < 4.78 is 1.03. The van der Waals surface area contributed by atoms with Crippen LogP contribution in [-0.4, -0.2) is 15.0 Å². The van der Waals surface area contributed by atoms with E-state index in [0.29, 0.717) is 11.5 Å². The predicted octanol–water partition coefficient (Wildman–Crippen LogP) is 2.93. The Labute approximate surface area is 119 Å². The van der Waals surface area contributed by atoms with Gasteiger partial charge in [0.1, 0.15) is 10.7 Å². The molecule has 0 aliphatic heterocycles. The van der Waals surface area contributed by atoms with Crippen molar-refractivity contribution in [3.05, 3.63) is 46.3 Å². The molecule has 0 atom stereocenters. The number of aromatic nitrogens is 2. The first kappa shape index (κ1) is 12.9. The number of nitrogens with zero attached hydrogens (tertiary/aromatic N) is 2. The highest BCUT2D eigenvalue weighted by atomic mass is 79.9. The number of benzene rings is 1. The Morgan fingerprint density at radius 3 is 2.72 bits per heavy atom. The fourth-order valence-corrected chi connectivity index (χ4v) is 2.13. The van der Waals surface area contributed by atoms with Crippen LogP contribution >= 0.6 is 28.1 Å². The molecular weight excluding hydrogens is 312 g/mol. The molecule has 6 heteroatoms. The average molecular weight is 323 g/mol. The number of hydrogen-bond acceptors (Lipinski definition) is 4. The summed E-state index contributed by atoms with van der Waals surface area (Å²) in [5, 5.41) is 3.19. The van der Waals surface area contributed by atoms with Gasteiger partial charge < -0.3 is 11.1 Å². The first-order chi connectivity index (χ1) is 8.58. The van der Waals surface area contributed by atoms with Crippen LogP contribution in [0.3, 0.4) is 0 Å². The maximum atomic E-state index is 5.61. The van der Waals surface area contributed by atoms with Crippen molar-refractivity contribution in [3.8, 4) is 0 Å². The topological polar surface area (TPSA) is 63.8 Å². The van der Waals surface area contributed by atoms with Crippen molar-refractivity contribution in [2.75, 3.05) is 5.32 Å². The van der Waals surface area contributed by atoms with Crippen molar-refractivity contribution < 1.29 is 0 Å². The molecule has 3 N–H and O–H groups in total. The second-order valence-electron chi connectivity index (χ2n) is 3.70. The van der Waals surface area contributed by atoms with Crippen LogP contribution in [-0.2, 0) is 0 Å². The van der Waals surface area contributed by atoms with Crippen molar-refractivity contribution in [1.29, 1.82) is 0 Å². The standard InChI is InChI=1S/C12H11BrN4S/c1-7-6-8(13)2-3-9(7)17-12-10(11(14)18)15-4-5-16-12/h2-6H,1H3,(H2,14,18)(H,16,17). The molecule has 0 aliphatic carbocycles. The summed E-state index contributed by atoms with van der Waals surface area (Å²) >= 11 is 8.37. The van der Waals surface area contributed by atoms with Gasteiger partial charge in [-0.15, -0.1) is 0 Å². The number of aryl methyl sites for hydroxylation is 1. The Hall–Kier alpha value is -1.53. The molecule has 0 saturated carbocycles. The number of nitrogens with two attached hydrogens (primary N) is 1. The monoisotopic (exact) mass is 322 g/mol. The van der Waals surface area contributed by atoms with E-state index in [1.807, 2.05) is 25.1 Å². The zero-order chi connectivity index (χ0) is 13.1. The number of nitrogens with one attached hydrogen (secondary N) is 1. The van der Waals surface area contributed by atoms with Crippen molar-refractivity contribution in [1.82, 2.24) is 9.97 Å². The van der Waals surface area contributed by atoms with Gasteiger partial charge in [-0.25, -0.2) is 9.97 Å². The van der Waals surface area contributed by atoms with Crippen LogP contribution in [0.25, 0.3) is 0 Å². The van der Waals surface area contributed by atoms with Crippen molar-refractivity contribution in [3.63, 3.8) is 0 Å². The van der Waals surface area contributed by atoms with Crippen LogP contribution in [0, 0.1) is 6.92 Å². The average Bonchev–Trinajstić information content (AvgIpc) is 2.33. The van der Waals surface area contributed by atoms with E-state index in [1.165, 1.54) is 0 Å². The first-order valence-corrected chi connectivity index (χ1v) is 6.42. The lowest BCUT2D eigenvalue weighted by molar-refractivity contribution is 1.17. The summed E-state index contributed by atoms with van der Waals surface area (Å²) in [6.07, 6.45) is 3.16. The van der Waals surface area contributed by atoms with Gasteiger partial charge in [0.25, 0.3) is 0 Å². The number of anilines is 2. The van der Waals surface area contributed by atoms with Crippen LogP contribution in [0.2, 0.25) is 0 Å². The number of rotatable bonds is 3. The third kappa shape index (κ3) is 2.83. The van der Waals surface area contributed by atoms with Gasteiger partial charge in [0.15, 0.2) is 5.82 Å². The molecule has 1 heterocycles. The van der Waals surface area contributed by atoms with E-state index in [9.17, 15) is 0 Å². The van der Waals surface area contributed by atoms with Crippen LogP contribution in [0.5, 0.6) is 0 Å². The minimum Gasteiger partial charge on any atom is -0.388 e. The maximum absolute atomic E-state index is 5.61. The molecule has 0 saturated heterocycles. The van der Waals surface area contributed by atoms with E-state index in [-0.39, 0.29) is 4.99 Å². The Morgan fingerprint density at radius 1 is 1.33 bits per heavy atom. The highest BCUT2D eigenvalue weighted by Gasteiger charge is 2.09. The van der Waals surface area contributed by atoms with E-state index >= 15 is 0 Å². The summed E-state index contributed by atoms with van der Waals surface area (Å²) in [6.45, 7) is 2.00. The number of thiocarbonyl (C=S) groups is 1. The van der Waals surface area contributed by atoms with Crippen molar-refractivity contribution in [2.45, 2.75) is 6.92 Å². The molecule has 92 valence electrons. The molecule has 18 heavy (non-hydrogen) atoms. The van der Waals surface area contributed by atoms with E-state index in [0.717, 1.165) is 15.7 Å². The molecule has 0 unspecified atom stereocenters. The van der Waals surface area contributed by atoms with Gasteiger partial charge in [-0.3, -0.25) is 0 Å². The molecule has 4 nitrogen and oxygen atoms in total. The smallest absolute Gasteiger partial charge is 0.159 e. The van der Waals surface area contributed by atoms with Gasteiger partial charge in [-0.05, 0) is 30.7 Å². The highest BCUT2D eigenvalue weighted by Crippen LogP contribution is 2.23. The van der Waals surface area contributed by atoms with Gasteiger partial charge in [0, 0.05) is 22.6 Å². The van der Waals surface area contributed by atoms with Gasteiger partial charge in [0.05, 0.1) is 0 Å². The molecule has 1 aromatic carbocycles. The molecule has 1 aromatic heterocycles. The quantitative estimate of drug-likeness (QED) is 0.851. The molecule has 0 bridgehead atoms. The molecule has 0 spiro atoms. The van der Waals surface area contributed by atoms with Crippen LogP contribution in [0.1, 0.15) is 11.3 Å². The van der Waals surface area contributed by atoms with Gasteiger partial charge >= 0.3 is 0 Å². The van der Waals surface area contributed by atoms with Gasteiger partial charge in [-0.2, -0.15) is 0 Å². The van der Waals surface area contributed by atoms with E-state index in [2.05, 4.69) is 31.2 Å². The number of hydrogen-bond donors (Lipinski definition) is 2. The Kier molecular flexibility index (Phi) is 3.88. The molecule has 2 aromatic rings. The Bertz CT molecular complexity index is 600. The summed E-state index contributed by atoms with van der Waals surface area (Å²) in [6, 6.07) is 5.92. The molecule has 0 aliphatic rings. The second kappa shape index (κ2) is 5.41. The summed E-state index contributed by atoms with van der Waals surface area (Å²) in [7, 11) is 0. The molecule has 0 radical (unpaired) electrons. The lowest BCUT2D eigenvalue weighted by Gasteiger charge is -2.11. The minimum absolute atomic E-state index is 0.223. The molecular formula is C12H11BrN4S. The molecule has 0 fully saturated rings. The SMILES string of the molecule is Cc1cc(Br)ccc1Nc1nccnc1C(N)=S. The second-order valence-corrected chi connectivity index (χ2v) is 5.06. The zero-order valence-electron chi connectivity index (χ0n) is 9.64. The summed E-state index contributed by atoms with van der Waals surface area (Å²) in [5.41, 5.74) is 8.13. The zero-order valence-corrected chi connectivity index (χ0v) is 12.0. The minimum atomic E-state index is 0.223. The largest absolute Gasteiger partial charge is 0.388 e. The maximum Gasteiger partial charge on any atom is 0.159 e. The fraction of sp³-hybridized carbons (Fsp3) is 0.0833. The normalized spacial score (nSPS) is 10.1. The van der Waals surface area contributed by atoms with Crippen molar-refractivity contribution in [2.24, 2.45) is 5.73 Å². The van der Waals surface area contributed by atoms with E-state index in [4.69, 9.17) is 18.0 Å². The third-order valence-corrected chi connectivity index (χ3v) is 3.06. The number of halogens is 1. The first-order valence-electron chi connectivity index (χ1n) is 5.22. The summed E-state index contributed by atoms with van der Waals surface area (Å²) in [4.78, 5) is 8.55. The van der Waals surface area contributed by atoms with Crippen molar-refractivity contribution >= 4 is 44.6 Å². The van der Waals surface area contributed by atoms with Gasteiger partial charge in [0.2, 0.25) is 0 Å². The Balaban J connectivity index is 2.37. The van der Waals surface area contributed by atoms with Crippen LogP contribution in [0.4, 0.5) is 11.5 Å². The van der Waals surface area contributed by atoms with Gasteiger partial charge in [-0.1, -0.05) is 28.1 Å². The third-order valence-electron chi connectivity index (χ3n) is 2.37. The lowest BCUT2D eigenvalue weighted by atomic mass is 10.2. The van der Waals surface area contributed by atoms with E-state index in [1.54, 1.807) is 12.4 Å². The Morgan fingerprint density at radius 2 is 2.06 bits per heavy atom. The molecule has 2 rings (SSSR count). The fourth-order valence-electron chi connectivity index (χ4n) is 1.50. The van der Waals surface area contributed by atoms with Crippen LogP contribution < -0.4 is 11.1 Å². The van der Waals surface area contributed by atoms with E-state index < -0.39 is 0 Å². The highest BCUT2D eigenvalue weighted by molar-refractivity contribution is 9.10. The lowest BCUT2D eigenvalue weighted by Crippen LogP contribution is -2.15. The molecule has 0 amide bonds. The predicted molar refractivity (Wildman–Crippen MR) is 80.1 cm³/mol.